The minimum Gasteiger partial charge on any atom is -0.496 e. The van der Waals surface area contributed by atoms with Crippen LogP contribution in [0.15, 0.2) is 18.2 Å². The van der Waals surface area contributed by atoms with E-state index in [1.54, 1.807) is 7.11 Å². The molecule has 1 unspecified atom stereocenters. The topological polar surface area (TPSA) is 49.8 Å². The number of aliphatic carboxylic acids is 1. The molecule has 1 aromatic rings. The van der Waals surface area contributed by atoms with Gasteiger partial charge in [0.05, 0.1) is 7.11 Å². The summed E-state index contributed by atoms with van der Waals surface area (Å²) in [6.07, 6.45) is 1.68. The van der Waals surface area contributed by atoms with Crippen LogP contribution in [0.1, 0.15) is 36.9 Å². The molecule has 1 rings (SSSR count). The molecule has 0 saturated heterocycles. The van der Waals surface area contributed by atoms with E-state index >= 15 is 0 Å². The molecule has 1 atom stereocenters. The summed E-state index contributed by atoms with van der Waals surface area (Å²) in [6, 6.07) is 6.18. The van der Waals surface area contributed by atoms with Crippen molar-refractivity contribution in [3.63, 3.8) is 0 Å². The molecule has 0 amide bonds. The van der Waals surface area contributed by atoms with Crippen molar-refractivity contribution in [2.75, 3.05) is 21.2 Å². The highest BCUT2D eigenvalue weighted by Crippen LogP contribution is 2.32. The lowest BCUT2D eigenvalue weighted by molar-refractivity contribution is -0.137. The molecule has 4 heteroatoms. The zero-order valence-corrected chi connectivity index (χ0v) is 12.1. The molecule has 0 bridgehead atoms. The molecule has 0 aliphatic carbocycles. The molecule has 0 aliphatic heterocycles. The second kappa shape index (κ2) is 7.14. The molecular weight excluding hydrogens is 242 g/mol. The van der Waals surface area contributed by atoms with Crippen molar-refractivity contribution in [2.24, 2.45) is 0 Å². The van der Waals surface area contributed by atoms with Gasteiger partial charge in [0, 0.05) is 18.0 Å². The Morgan fingerprint density at radius 1 is 1.42 bits per heavy atom. The zero-order chi connectivity index (χ0) is 14.4. The molecular formula is C15H23NO3. The number of hydrogen-bond acceptors (Lipinski definition) is 3. The first-order valence-electron chi connectivity index (χ1n) is 6.54. The fourth-order valence-corrected chi connectivity index (χ4v) is 2.22. The van der Waals surface area contributed by atoms with Crippen LogP contribution in [0, 0.1) is 0 Å². The normalized spacial score (nSPS) is 12.5. The summed E-state index contributed by atoms with van der Waals surface area (Å²) >= 11 is 0. The summed E-state index contributed by atoms with van der Waals surface area (Å²) in [5, 5.41) is 8.87. The van der Waals surface area contributed by atoms with Crippen molar-refractivity contribution in [3.05, 3.63) is 29.3 Å². The number of rotatable bonds is 7. The maximum atomic E-state index is 10.8. The third kappa shape index (κ3) is 4.24. The number of methoxy groups -OCH3 is 1. The third-order valence-electron chi connectivity index (χ3n) is 3.32. The lowest BCUT2D eigenvalue weighted by Gasteiger charge is -2.26. The van der Waals surface area contributed by atoms with Crippen molar-refractivity contribution >= 4 is 5.97 Å². The number of ether oxygens (including phenoxy) is 1. The van der Waals surface area contributed by atoms with Crippen LogP contribution in [-0.4, -0.2) is 37.2 Å². The van der Waals surface area contributed by atoms with Gasteiger partial charge in [-0.2, -0.15) is 0 Å². The van der Waals surface area contributed by atoms with Gasteiger partial charge in [-0.25, -0.2) is 0 Å². The Balaban J connectivity index is 3.08. The highest BCUT2D eigenvalue weighted by Gasteiger charge is 2.19. The molecule has 1 N–H and O–H groups in total. The van der Waals surface area contributed by atoms with E-state index in [4.69, 9.17) is 9.84 Å². The van der Waals surface area contributed by atoms with E-state index in [0.717, 1.165) is 17.7 Å². The predicted molar refractivity (Wildman–Crippen MR) is 75.7 cm³/mol. The molecule has 0 aromatic heterocycles. The standard InChI is InChI=1S/C15H23NO3/c1-5-11-6-8-14(19-4)12(10-11)13(16(2)3)7-9-15(17)18/h6,8,10,13H,5,7,9H2,1-4H3,(H,17,18). The zero-order valence-electron chi connectivity index (χ0n) is 12.1. The van der Waals surface area contributed by atoms with E-state index < -0.39 is 5.97 Å². The first kappa shape index (κ1) is 15.5. The molecule has 0 saturated carbocycles. The Labute approximate surface area is 115 Å². The van der Waals surface area contributed by atoms with Gasteiger partial charge in [-0.15, -0.1) is 0 Å². The van der Waals surface area contributed by atoms with Gasteiger partial charge in [0.25, 0.3) is 0 Å². The molecule has 4 nitrogen and oxygen atoms in total. The highest BCUT2D eigenvalue weighted by atomic mass is 16.5. The largest absolute Gasteiger partial charge is 0.496 e. The second-order valence-corrected chi connectivity index (χ2v) is 4.84. The molecule has 0 fully saturated rings. The van der Waals surface area contributed by atoms with Crippen molar-refractivity contribution < 1.29 is 14.6 Å². The van der Waals surface area contributed by atoms with Crippen molar-refractivity contribution in [1.82, 2.24) is 4.90 Å². The summed E-state index contributed by atoms with van der Waals surface area (Å²) in [6.45, 7) is 2.10. The van der Waals surface area contributed by atoms with E-state index in [-0.39, 0.29) is 12.5 Å². The minimum absolute atomic E-state index is 0.0533. The lowest BCUT2D eigenvalue weighted by atomic mass is 9.97. The van der Waals surface area contributed by atoms with Crippen LogP contribution < -0.4 is 4.74 Å². The van der Waals surface area contributed by atoms with Crippen LogP contribution in [0.3, 0.4) is 0 Å². The molecule has 19 heavy (non-hydrogen) atoms. The first-order chi connectivity index (χ1) is 8.99. The van der Waals surface area contributed by atoms with E-state index in [2.05, 4.69) is 13.0 Å². The molecule has 106 valence electrons. The molecule has 0 aliphatic rings. The van der Waals surface area contributed by atoms with Crippen LogP contribution in [0.2, 0.25) is 0 Å². The van der Waals surface area contributed by atoms with Gasteiger partial charge in [0.1, 0.15) is 5.75 Å². The first-order valence-corrected chi connectivity index (χ1v) is 6.54. The number of nitrogens with zero attached hydrogens (tertiary/aromatic N) is 1. The van der Waals surface area contributed by atoms with Crippen molar-refractivity contribution in [2.45, 2.75) is 32.2 Å². The van der Waals surface area contributed by atoms with E-state index in [0.29, 0.717) is 6.42 Å². The van der Waals surface area contributed by atoms with Crippen molar-refractivity contribution in [3.8, 4) is 5.75 Å². The predicted octanol–water partition coefficient (Wildman–Crippen LogP) is 2.73. The van der Waals surface area contributed by atoms with Gasteiger partial charge in [-0.05, 0) is 38.6 Å². The summed E-state index contributed by atoms with van der Waals surface area (Å²) in [7, 11) is 5.57. The molecule has 0 heterocycles. The van der Waals surface area contributed by atoms with Crippen molar-refractivity contribution in [1.29, 1.82) is 0 Å². The third-order valence-corrected chi connectivity index (χ3v) is 3.32. The summed E-state index contributed by atoms with van der Waals surface area (Å²) in [5.74, 6) is 0.0544. The molecule has 1 aromatic carbocycles. The van der Waals surface area contributed by atoms with Gasteiger partial charge in [-0.3, -0.25) is 4.79 Å². The van der Waals surface area contributed by atoms with Crippen LogP contribution in [0.25, 0.3) is 0 Å². The number of carboxylic acids is 1. The fraction of sp³-hybridized carbons (Fsp3) is 0.533. The van der Waals surface area contributed by atoms with E-state index in [1.165, 1.54) is 5.56 Å². The maximum Gasteiger partial charge on any atom is 0.303 e. The number of benzene rings is 1. The second-order valence-electron chi connectivity index (χ2n) is 4.84. The monoisotopic (exact) mass is 265 g/mol. The highest BCUT2D eigenvalue weighted by molar-refractivity contribution is 5.66. The van der Waals surface area contributed by atoms with Crippen LogP contribution in [0.4, 0.5) is 0 Å². The Morgan fingerprint density at radius 2 is 2.11 bits per heavy atom. The van der Waals surface area contributed by atoms with Crippen LogP contribution in [-0.2, 0) is 11.2 Å². The van der Waals surface area contributed by atoms with E-state index in [1.807, 2.05) is 31.1 Å². The van der Waals surface area contributed by atoms with E-state index in [9.17, 15) is 4.79 Å². The quantitative estimate of drug-likeness (QED) is 0.823. The Hall–Kier alpha value is -1.55. The Bertz CT molecular complexity index is 429. The number of carboxylic acid groups (broad SMARTS) is 1. The summed E-state index contributed by atoms with van der Waals surface area (Å²) < 4.78 is 5.41. The molecule has 0 radical (unpaired) electrons. The van der Waals surface area contributed by atoms with Gasteiger partial charge in [0.2, 0.25) is 0 Å². The number of aryl methyl sites for hydroxylation is 1. The summed E-state index contributed by atoms with van der Waals surface area (Å²) in [5.41, 5.74) is 2.30. The Morgan fingerprint density at radius 3 is 2.58 bits per heavy atom. The Kier molecular flexibility index (Phi) is 5.83. The van der Waals surface area contributed by atoms with Crippen LogP contribution >= 0.6 is 0 Å². The van der Waals surface area contributed by atoms with Gasteiger partial charge in [-0.1, -0.05) is 19.1 Å². The molecule has 0 spiro atoms. The van der Waals surface area contributed by atoms with Crippen LogP contribution in [0.5, 0.6) is 5.75 Å². The SMILES string of the molecule is CCc1ccc(OC)c(C(CCC(=O)O)N(C)C)c1. The average molecular weight is 265 g/mol. The van der Waals surface area contributed by atoms with Gasteiger partial charge in [0.15, 0.2) is 0 Å². The van der Waals surface area contributed by atoms with Gasteiger partial charge < -0.3 is 14.7 Å². The average Bonchev–Trinajstić information content (AvgIpc) is 2.38. The summed E-state index contributed by atoms with van der Waals surface area (Å²) in [4.78, 5) is 12.8. The lowest BCUT2D eigenvalue weighted by Crippen LogP contribution is -2.21. The van der Waals surface area contributed by atoms with Gasteiger partial charge >= 0.3 is 5.97 Å². The minimum atomic E-state index is -0.766. The smallest absolute Gasteiger partial charge is 0.303 e. The number of hydrogen-bond donors (Lipinski definition) is 1. The number of carbonyl (C=O) groups is 1. The maximum absolute atomic E-state index is 10.8. The fourth-order valence-electron chi connectivity index (χ4n) is 2.22.